The Morgan fingerprint density at radius 2 is 2.33 bits per heavy atom. The highest BCUT2D eigenvalue weighted by molar-refractivity contribution is 5.96. The van der Waals surface area contributed by atoms with E-state index in [1.54, 1.807) is 23.1 Å². The Balaban J connectivity index is 1.75. The highest BCUT2D eigenvalue weighted by atomic mass is 16.5. The summed E-state index contributed by atoms with van der Waals surface area (Å²) in [5.41, 5.74) is 2.10. The van der Waals surface area contributed by atoms with Gasteiger partial charge in [0.05, 0.1) is 13.2 Å². The van der Waals surface area contributed by atoms with Crippen molar-refractivity contribution in [2.75, 3.05) is 44.1 Å². The molecule has 1 unspecified atom stereocenters. The van der Waals surface area contributed by atoms with Gasteiger partial charge >= 0.3 is 0 Å². The van der Waals surface area contributed by atoms with Crippen molar-refractivity contribution in [3.05, 3.63) is 18.2 Å². The van der Waals surface area contributed by atoms with E-state index >= 15 is 0 Å². The number of benzene rings is 1. The summed E-state index contributed by atoms with van der Waals surface area (Å²) in [7, 11) is 3.73. The first-order valence-electron chi connectivity index (χ1n) is 6.83. The summed E-state index contributed by atoms with van der Waals surface area (Å²) in [5, 5.41) is 5.98. The monoisotopic (exact) mass is 290 g/mol. The molecule has 2 heterocycles. The largest absolute Gasteiger partial charge is 0.423 e. The minimum absolute atomic E-state index is 0.106. The van der Waals surface area contributed by atoms with Gasteiger partial charge in [-0.1, -0.05) is 0 Å². The summed E-state index contributed by atoms with van der Waals surface area (Å²) >= 11 is 0. The highest BCUT2D eigenvalue weighted by Gasteiger charge is 2.21. The van der Waals surface area contributed by atoms with Crippen LogP contribution in [0.1, 0.15) is 0 Å². The number of nitrogens with one attached hydrogen (secondary N) is 2. The molecule has 0 radical (unpaired) electrons. The number of carbonyl (C=O) groups excluding carboxylic acids is 1. The summed E-state index contributed by atoms with van der Waals surface area (Å²) < 4.78 is 10.9. The van der Waals surface area contributed by atoms with Gasteiger partial charge in [0, 0.05) is 26.3 Å². The smallest absolute Gasteiger partial charge is 0.297 e. The molecule has 1 atom stereocenters. The molecular weight excluding hydrogens is 272 g/mol. The van der Waals surface area contributed by atoms with Crippen molar-refractivity contribution >= 4 is 28.7 Å². The Kier molecular flexibility index (Phi) is 3.76. The zero-order valence-electron chi connectivity index (χ0n) is 12.0. The fourth-order valence-electron chi connectivity index (χ4n) is 2.15. The van der Waals surface area contributed by atoms with Gasteiger partial charge in [-0.05, 0) is 18.2 Å². The number of carbonyl (C=O) groups is 1. The summed E-state index contributed by atoms with van der Waals surface area (Å²) in [5.74, 6) is -0.106. The Labute approximate surface area is 122 Å². The number of anilines is 2. The van der Waals surface area contributed by atoms with Crippen LogP contribution in [0.4, 0.5) is 11.7 Å². The van der Waals surface area contributed by atoms with E-state index in [9.17, 15) is 4.79 Å². The maximum Gasteiger partial charge on any atom is 0.297 e. The lowest BCUT2D eigenvalue weighted by molar-refractivity contribution is -0.120. The van der Waals surface area contributed by atoms with Crippen molar-refractivity contribution in [2.45, 2.75) is 6.04 Å². The summed E-state index contributed by atoms with van der Waals surface area (Å²) in [4.78, 5) is 18.3. The molecular formula is C14H18N4O3. The van der Waals surface area contributed by atoms with E-state index in [-0.39, 0.29) is 11.9 Å². The van der Waals surface area contributed by atoms with Gasteiger partial charge in [0.2, 0.25) is 5.91 Å². The van der Waals surface area contributed by atoms with Crippen LogP contribution in [-0.4, -0.2) is 50.8 Å². The third-order valence-corrected chi connectivity index (χ3v) is 3.26. The van der Waals surface area contributed by atoms with Gasteiger partial charge in [0.25, 0.3) is 6.01 Å². The van der Waals surface area contributed by atoms with Crippen LogP contribution in [0.25, 0.3) is 11.1 Å². The van der Waals surface area contributed by atoms with Gasteiger partial charge in [0.1, 0.15) is 11.6 Å². The van der Waals surface area contributed by atoms with Gasteiger partial charge < -0.3 is 24.7 Å². The van der Waals surface area contributed by atoms with E-state index in [2.05, 4.69) is 15.6 Å². The first-order valence-corrected chi connectivity index (χ1v) is 6.83. The maximum atomic E-state index is 12.1. The number of nitrogens with zero attached hydrogens (tertiary/aromatic N) is 2. The van der Waals surface area contributed by atoms with E-state index in [1.807, 2.05) is 14.1 Å². The number of ether oxygens (including phenoxy) is 1. The minimum atomic E-state index is -0.316. The molecule has 0 aliphatic carbocycles. The molecule has 1 aromatic carbocycles. The van der Waals surface area contributed by atoms with Crippen LogP contribution < -0.4 is 15.5 Å². The third-order valence-electron chi connectivity index (χ3n) is 3.26. The zero-order chi connectivity index (χ0) is 14.8. The Bertz CT molecular complexity index is 647. The zero-order valence-corrected chi connectivity index (χ0v) is 12.0. The molecule has 1 amide bonds. The first kappa shape index (κ1) is 13.8. The van der Waals surface area contributed by atoms with Crippen LogP contribution in [-0.2, 0) is 9.53 Å². The Morgan fingerprint density at radius 3 is 3.05 bits per heavy atom. The van der Waals surface area contributed by atoms with Crippen molar-refractivity contribution in [3.8, 4) is 0 Å². The number of fused-ring (bicyclic) bond motifs is 1. The molecule has 2 N–H and O–H groups in total. The highest BCUT2D eigenvalue weighted by Crippen LogP contribution is 2.23. The fourth-order valence-corrected chi connectivity index (χ4v) is 2.15. The predicted octanol–water partition coefficient (Wildman–Crippen LogP) is 0.821. The molecule has 1 fully saturated rings. The second kappa shape index (κ2) is 5.71. The first-order chi connectivity index (χ1) is 10.1. The van der Waals surface area contributed by atoms with Gasteiger partial charge in [-0.15, -0.1) is 0 Å². The number of amides is 1. The van der Waals surface area contributed by atoms with Crippen LogP contribution >= 0.6 is 0 Å². The Hall–Kier alpha value is -2.12. The summed E-state index contributed by atoms with van der Waals surface area (Å²) in [6, 6.07) is 5.62. The average molecular weight is 290 g/mol. The number of aromatic nitrogens is 1. The lowest BCUT2D eigenvalue weighted by atomic mass is 10.2. The third kappa shape index (κ3) is 2.98. The van der Waals surface area contributed by atoms with Crippen molar-refractivity contribution in [2.24, 2.45) is 0 Å². The molecule has 1 aliphatic rings. The number of rotatable bonds is 3. The number of oxazole rings is 1. The number of hydrogen-bond acceptors (Lipinski definition) is 6. The van der Waals surface area contributed by atoms with Crippen LogP contribution in [0.15, 0.2) is 22.6 Å². The molecule has 1 saturated heterocycles. The van der Waals surface area contributed by atoms with Crippen molar-refractivity contribution < 1.29 is 13.9 Å². The molecule has 2 aromatic rings. The van der Waals surface area contributed by atoms with Gasteiger partial charge in [0.15, 0.2) is 5.58 Å². The number of hydrogen-bond donors (Lipinski definition) is 2. The van der Waals surface area contributed by atoms with E-state index in [0.29, 0.717) is 42.6 Å². The summed E-state index contributed by atoms with van der Waals surface area (Å²) in [6.07, 6.45) is 0. The van der Waals surface area contributed by atoms with Crippen LogP contribution in [0.3, 0.4) is 0 Å². The van der Waals surface area contributed by atoms with Gasteiger partial charge in [-0.25, -0.2) is 0 Å². The van der Waals surface area contributed by atoms with Gasteiger partial charge in [-0.3, -0.25) is 4.79 Å². The lowest BCUT2D eigenvalue weighted by Crippen LogP contribution is -2.48. The van der Waals surface area contributed by atoms with E-state index in [4.69, 9.17) is 9.15 Å². The van der Waals surface area contributed by atoms with Crippen LogP contribution in [0.5, 0.6) is 0 Å². The topological polar surface area (TPSA) is 79.6 Å². The molecule has 112 valence electrons. The SMILES string of the molecule is CN(C)c1nc2cc(NC(=O)C3COCCN3)ccc2o1. The fraction of sp³-hybridized carbons (Fsp3) is 0.429. The van der Waals surface area contributed by atoms with E-state index in [1.165, 1.54) is 0 Å². The molecule has 0 spiro atoms. The number of morpholine rings is 1. The molecule has 0 bridgehead atoms. The average Bonchev–Trinajstić information content (AvgIpc) is 2.91. The molecule has 1 aliphatic heterocycles. The second-order valence-corrected chi connectivity index (χ2v) is 5.14. The molecule has 3 rings (SSSR count). The standard InChI is InChI=1S/C14H18N4O3/c1-18(2)14-17-10-7-9(3-4-12(10)21-14)16-13(19)11-8-20-6-5-15-11/h3-4,7,11,15H,5-6,8H2,1-2H3,(H,16,19). The minimum Gasteiger partial charge on any atom is -0.423 e. The van der Waals surface area contributed by atoms with E-state index < -0.39 is 0 Å². The summed E-state index contributed by atoms with van der Waals surface area (Å²) in [6.45, 7) is 1.72. The van der Waals surface area contributed by atoms with E-state index in [0.717, 1.165) is 0 Å². The van der Waals surface area contributed by atoms with Crippen molar-refractivity contribution in [1.82, 2.24) is 10.3 Å². The van der Waals surface area contributed by atoms with Crippen LogP contribution in [0.2, 0.25) is 0 Å². The molecule has 21 heavy (non-hydrogen) atoms. The van der Waals surface area contributed by atoms with Crippen molar-refractivity contribution in [1.29, 1.82) is 0 Å². The molecule has 7 heteroatoms. The second-order valence-electron chi connectivity index (χ2n) is 5.14. The lowest BCUT2D eigenvalue weighted by Gasteiger charge is -2.22. The molecule has 0 saturated carbocycles. The maximum absolute atomic E-state index is 12.1. The van der Waals surface area contributed by atoms with Crippen molar-refractivity contribution in [3.63, 3.8) is 0 Å². The quantitative estimate of drug-likeness (QED) is 0.871. The van der Waals surface area contributed by atoms with Gasteiger partial charge in [-0.2, -0.15) is 4.98 Å². The van der Waals surface area contributed by atoms with Crippen LogP contribution in [0, 0.1) is 0 Å². The molecule has 7 nitrogen and oxygen atoms in total. The molecule has 1 aromatic heterocycles. The predicted molar refractivity (Wildman–Crippen MR) is 79.6 cm³/mol. The Morgan fingerprint density at radius 1 is 1.48 bits per heavy atom. The normalized spacial score (nSPS) is 18.7.